The predicted molar refractivity (Wildman–Crippen MR) is 103 cm³/mol. The number of amides is 1. The van der Waals surface area contributed by atoms with Gasteiger partial charge in [0.05, 0.1) is 13.2 Å². The fraction of sp³-hybridized carbons (Fsp3) is 0.250. The molecule has 1 atom stereocenters. The first kappa shape index (κ1) is 19.1. The molecule has 5 heteroatoms. The number of nitrogens with one attached hydrogen (secondary N) is 1. The molecule has 2 rings (SSSR count). The molecule has 2 aromatic rings. The molecule has 4 nitrogen and oxygen atoms in total. The monoisotopic (exact) mass is 357 g/mol. The van der Waals surface area contributed by atoms with E-state index in [2.05, 4.69) is 5.32 Å². The van der Waals surface area contributed by atoms with E-state index in [0.29, 0.717) is 6.54 Å². The first-order chi connectivity index (χ1) is 12.2. The standard InChI is InChI=1S/C20H23NO3S/c1-23-17-6-4-5-16(13-17)19(24-2)14-21-20(22)12-9-15-7-10-18(25-3)11-8-15/h4-13,19H,14H2,1-3H3,(H,21,22)/b12-9+/t19-/m0/s1. The van der Waals surface area contributed by atoms with Crippen molar-refractivity contribution < 1.29 is 14.3 Å². The number of carbonyl (C=O) groups excluding carboxylic acids is 1. The minimum atomic E-state index is -0.228. The van der Waals surface area contributed by atoms with Crippen molar-refractivity contribution in [1.29, 1.82) is 0 Å². The largest absolute Gasteiger partial charge is 0.497 e. The molecule has 0 radical (unpaired) electrons. The van der Waals surface area contributed by atoms with Gasteiger partial charge in [-0.25, -0.2) is 0 Å². The summed E-state index contributed by atoms with van der Waals surface area (Å²) < 4.78 is 10.7. The third-order valence-electron chi connectivity index (χ3n) is 3.75. The van der Waals surface area contributed by atoms with Gasteiger partial charge in [0.2, 0.25) is 5.91 Å². The Hall–Kier alpha value is -2.24. The highest BCUT2D eigenvalue weighted by Gasteiger charge is 2.12. The van der Waals surface area contributed by atoms with Crippen molar-refractivity contribution in [3.05, 3.63) is 65.7 Å². The molecule has 0 bridgehead atoms. The molecule has 0 unspecified atom stereocenters. The van der Waals surface area contributed by atoms with Crippen molar-refractivity contribution in [2.75, 3.05) is 27.0 Å². The van der Waals surface area contributed by atoms with Gasteiger partial charge in [-0.2, -0.15) is 0 Å². The summed E-state index contributed by atoms with van der Waals surface area (Å²) in [5, 5.41) is 2.87. The highest BCUT2D eigenvalue weighted by atomic mass is 32.2. The summed E-state index contributed by atoms with van der Waals surface area (Å²) in [7, 11) is 3.25. The van der Waals surface area contributed by atoms with Gasteiger partial charge in [0.25, 0.3) is 0 Å². The highest BCUT2D eigenvalue weighted by molar-refractivity contribution is 7.98. The molecule has 0 heterocycles. The third-order valence-corrected chi connectivity index (χ3v) is 4.50. The molecule has 0 saturated carbocycles. The molecular weight excluding hydrogens is 334 g/mol. The predicted octanol–water partition coefficient (Wildman–Crippen LogP) is 3.93. The molecule has 0 aliphatic carbocycles. The Morgan fingerprint density at radius 1 is 1.20 bits per heavy atom. The van der Waals surface area contributed by atoms with Crippen molar-refractivity contribution >= 4 is 23.7 Å². The van der Waals surface area contributed by atoms with Crippen LogP contribution in [0.2, 0.25) is 0 Å². The normalized spacial score (nSPS) is 12.1. The first-order valence-electron chi connectivity index (χ1n) is 7.93. The van der Waals surface area contributed by atoms with Crippen molar-refractivity contribution in [1.82, 2.24) is 5.32 Å². The van der Waals surface area contributed by atoms with E-state index in [-0.39, 0.29) is 12.0 Å². The van der Waals surface area contributed by atoms with E-state index in [1.807, 2.05) is 54.8 Å². The quantitative estimate of drug-likeness (QED) is 0.574. The van der Waals surface area contributed by atoms with Crippen molar-refractivity contribution in [3.63, 3.8) is 0 Å². The van der Waals surface area contributed by atoms with Gasteiger partial charge in [0, 0.05) is 24.6 Å². The zero-order chi connectivity index (χ0) is 18.1. The average molecular weight is 357 g/mol. The van der Waals surface area contributed by atoms with Crippen molar-refractivity contribution in [2.24, 2.45) is 0 Å². The molecule has 132 valence electrons. The Morgan fingerprint density at radius 3 is 2.60 bits per heavy atom. The average Bonchev–Trinajstić information content (AvgIpc) is 2.67. The van der Waals surface area contributed by atoms with Crippen LogP contribution in [0.1, 0.15) is 17.2 Å². The lowest BCUT2D eigenvalue weighted by atomic mass is 10.1. The number of rotatable bonds is 8. The van der Waals surface area contributed by atoms with E-state index < -0.39 is 0 Å². The number of hydrogen-bond donors (Lipinski definition) is 1. The molecule has 0 aliphatic heterocycles. The maximum Gasteiger partial charge on any atom is 0.244 e. The Labute approximate surface area is 153 Å². The highest BCUT2D eigenvalue weighted by Crippen LogP contribution is 2.21. The van der Waals surface area contributed by atoms with E-state index in [4.69, 9.17) is 9.47 Å². The molecule has 0 spiro atoms. The van der Waals surface area contributed by atoms with E-state index in [9.17, 15) is 4.79 Å². The third kappa shape index (κ3) is 5.96. The fourth-order valence-corrected chi connectivity index (χ4v) is 2.73. The van der Waals surface area contributed by atoms with Crippen LogP contribution < -0.4 is 10.1 Å². The fourth-order valence-electron chi connectivity index (χ4n) is 2.32. The summed E-state index contributed by atoms with van der Waals surface area (Å²) in [6.07, 6.45) is 5.14. The van der Waals surface area contributed by atoms with Gasteiger partial charge in [0.15, 0.2) is 0 Å². The number of ether oxygens (including phenoxy) is 2. The minimum Gasteiger partial charge on any atom is -0.497 e. The molecule has 2 aromatic carbocycles. The van der Waals surface area contributed by atoms with Crippen LogP contribution >= 0.6 is 11.8 Å². The van der Waals surface area contributed by atoms with Gasteiger partial charge in [-0.3, -0.25) is 4.79 Å². The number of thioether (sulfide) groups is 1. The topological polar surface area (TPSA) is 47.6 Å². The van der Waals surface area contributed by atoms with Crippen LogP contribution in [0, 0.1) is 0 Å². The van der Waals surface area contributed by atoms with Crippen LogP contribution in [0.25, 0.3) is 6.08 Å². The zero-order valence-corrected chi connectivity index (χ0v) is 15.5. The maximum absolute atomic E-state index is 12.0. The minimum absolute atomic E-state index is 0.154. The first-order valence-corrected chi connectivity index (χ1v) is 9.15. The van der Waals surface area contributed by atoms with Gasteiger partial charge in [-0.15, -0.1) is 11.8 Å². The summed E-state index contributed by atoms with van der Waals surface area (Å²) in [6.45, 7) is 0.387. The molecule has 0 fully saturated rings. The SMILES string of the molecule is COc1cccc([C@H](CNC(=O)/C=C/c2ccc(SC)cc2)OC)c1. The van der Waals surface area contributed by atoms with Gasteiger partial charge >= 0.3 is 0 Å². The van der Waals surface area contributed by atoms with Crippen LogP contribution in [0.4, 0.5) is 0 Å². The number of carbonyl (C=O) groups is 1. The lowest BCUT2D eigenvalue weighted by molar-refractivity contribution is -0.117. The van der Waals surface area contributed by atoms with Gasteiger partial charge in [-0.1, -0.05) is 24.3 Å². The van der Waals surface area contributed by atoms with Gasteiger partial charge in [0.1, 0.15) is 5.75 Å². The van der Waals surface area contributed by atoms with Gasteiger partial charge in [-0.05, 0) is 47.7 Å². The lowest BCUT2D eigenvalue weighted by Gasteiger charge is -2.16. The Morgan fingerprint density at radius 2 is 1.96 bits per heavy atom. The van der Waals surface area contributed by atoms with Crippen molar-refractivity contribution in [2.45, 2.75) is 11.0 Å². The zero-order valence-electron chi connectivity index (χ0n) is 14.7. The number of hydrogen-bond acceptors (Lipinski definition) is 4. The molecule has 0 saturated heterocycles. The second kappa shape index (κ2) is 9.91. The molecule has 25 heavy (non-hydrogen) atoms. The van der Waals surface area contributed by atoms with Crippen LogP contribution in [-0.4, -0.2) is 32.9 Å². The van der Waals surface area contributed by atoms with Crippen LogP contribution in [-0.2, 0) is 9.53 Å². The molecular formula is C20H23NO3S. The summed E-state index contributed by atoms with van der Waals surface area (Å²) in [4.78, 5) is 13.2. The van der Waals surface area contributed by atoms with Crippen molar-refractivity contribution in [3.8, 4) is 5.75 Å². The Balaban J connectivity index is 1.91. The summed E-state index contributed by atoms with van der Waals surface area (Å²) in [6, 6.07) is 15.7. The molecule has 1 N–H and O–H groups in total. The maximum atomic E-state index is 12.0. The van der Waals surface area contributed by atoms with Crippen LogP contribution in [0.15, 0.2) is 59.5 Å². The van der Waals surface area contributed by atoms with Crippen LogP contribution in [0.3, 0.4) is 0 Å². The number of methoxy groups -OCH3 is 2. The van der Waals surface area contributed by atoms with E-state index in [1.165, 1.54) is 11.0 Å². The van der Waals surface area contributed by atoms with E-state index in [0.717, 1.165) is 16.9 Å². The Bertz CT molecular complexity index is 713. The Kier molecular flexibility index (Phi) is 7.57. The smallest absolute Gasteiger partial charge is 0.244 e. The van der Waals surface area contributed by atoms with Crippen LogP contribution in [0.5, 0.6) is 5.75 Å². The molecule has 0 aliphatic rings. The lowest BCUT2D eigenvalue weighted by Crippen LogP contribution is -2.27. The molecule has 0 aromatic heterocycles. The summed E-state index contributed by atoms with van der Waals surface area (Å²) >= 11 is 1.69. The molecule has 1 amide bonds. The second-order valence-electron chi connectivity index (χ2n) is 5.35. The van der Waals surface area contributed by atoms with E-state index in [1.54, 1.807) is 32.1 Å². The van der Waals surface area contributed by atoms with Gasteiger partial charge < -0.3 is 14.8 Å². The number of benzene rings is 2. The van der Waals surface area contributed by atoms with E-state index >= 15 is 0 Å². The summed E-state index contributed by atoms with van der Waals surface area (Å²) in [5.41, 5.74) is 1.95. The summed E-state index contributed by atoms with van der Waals surface area (Å²) in [5.74, 6) is 0.610. The second-order valence-corrected chi connectivity index (χ2v) is 6.23.